The third kappa shape index (κ3) is 1.97. The summed E-state index contributed by atoms with van der Waals surface area (Å²) in [5.74, 6) is 0.606. The molecular weight excluding hydrogens is 172 g/mol. The van der Waals surface area contributed by atoms with Crippen molar-refractivity contribution in [2.45, 2.75) is 24.8 Å². The molecule has 1 heterocycles. The zero-order valence-electron chi connectivity index (χ0n) is 8.45. The molecule has 0 amide bonds. The minimum atomic E-state index is 0.464. The molecule has 2 atom stereocenters. The molecule has 2 nitrogen and oxygen atoms in total. The first kappa shape index (κ1) is 9.69. The molecule has 0 bridgehead atoms. The van der Waals surface area contributed by atoms with E-state index in [0.29, 0.717) is 12.0 Å². The van der Waals surface area contributed by atoms with Crippen LogP contribution in [0.3, 0.4) is 0 Å². The Labute approximate surface area is 85.5 Å². The van der Waals surface area contributed by atoms with E-state index in [1.807, 2.05) is 0 Å². The third-order valence-corrected chi connectivity index (χ3v) is 3.07. The van der Waals surface area contributed by atoms with E-state index in [-0.39, 0.29) is 0 Å². The predicted octanol–water partition coefficient (Wildman–Crippen LogP) is 1.48. The van der Waals surface area contributed by atoms with Gasteiger partial charge in [-0.1, -0.05) is 30.3 Å². The standard InChI is InChI=1S/C12H18N2/c13-9-12-11(7-4-8-14-12)10-5-2-1-3-6-10/h1-3,5-6,11-12,14H,4,7-9,13H2. The molecule has 1 aliphatic rings. The summed E-state index contributed by atoms with van der Waals surface area (Å²) >= 11 is 0. The predicted molar refractivity (Wildman–Crippen MR) is 59.3 cm³/mol. The van der Waals surface area contributed by atoms with E-state index in [1.54, 1.807) is 0 Å². The van der Waals surface area contributed by atoms with Gasteiger partial charge in [-0.25, -0.2) is 0 Å². The van der Waals surface area contributed by atoms with Crippen LogP contribution in [0.1, 0.15) is 24.3 Å². The molecule has 0 saturated carbocycles. The average molecular weight is 190 g/mol. The number of hydrogen-bond acceptors (Lipinski definition) is 2. The van der Waals surface area contributed by atoms with Crippen LogP contribution < -0.4 is 11.1 Å². The number of rotatable bonds is 2. The Kier molecular flexibility index (Phi) is 3.17. The molecule has 0 spiro atoms. The van der Waals surface area contributed by atoms with E-state index in [9.17, 15) is 0 Å². The van der Waals surface area contributed by atoms with Crippen LogP contribution in [0, 0.1) is 0 Å². The van der Waals surface area contributed by atoms with Crippen molar-refractivity contribution < 1.29 is 0 Å². The number of nitrogens with two attached hydrogens (primary N) is 1. The molecule has 1 aliphatic heterocycles. The van der Waals surface area contributed by atoms with E-state index in [0.717, 1.165) is 13.1 Å². The van der Waals surface area contributed by atoms with Crippen LogP contribution in [0.15, 0.2) is 30.3 Å². The highest BCUT2D eigenvalue weighted by molar-refractivity contribution is 5.22. The summed E-state index contributed by atoms with van der Waals surface area (Å²) in [7, 11) is 0. The maximum atomic E-state index is 5.77. The first-order valence-electron chi connectivity index (χ1n) is 5.40. The van der Waals surface area contributed by atoms with Gasteiger partial charge in [0.15, 0.2) is 0 Å². The van der Waals surface area contributed by atoms with Gasteiger partial charge >= 0.3 is 0 Å². The van der Waals surface area contributed by atoms with Crippen molar-refractivity contribution in [2.24, 2.45) is 5.73 Å². The SMILES string of the molecule is NCC1NCCCC1c1ccccc1. The van der Waals surface area contributed by atoms with E-state index in [1.165, 1.54) is 18.4 Å². The summed E-state index contributed by atoms with van der Waals surface area (Å²) in [5, 5.41) is 3.49. The molecule has 1 saturated heterocycles. The molecule has 1 aromatic rings. The van der Waals surface area contributed by atoms with Gasteiger partial charge in [0.2, 0.25) is 0 Å². The lowest BCUT2D eigenvalue weighted by molar-refractivity contribution is 0.356. The fraction of sp³-hybridized carbons (Fsp3) is 0.500. The average Bonchev–Trinajstić information content (AvgIpc) is 2.30. The second-order valence-electron chi connectivity index (χ2n) is 3.96. The Morgan fingerprint density at radius 1 is 1.29 bits per heavy atom. The second kappa shape index (κ2) is 4.58. The molecule has 2 heteroatoms. The van der Waals surface area contributed by atoms with Crippen molar-refractivity contribution in [3.63, 3.8) is 0 Å². The molecule has 3 N–H and O–H groups in total. The molecule has 0 radical (unpaired) electrons. The van der Waals surface area contributed by atoms with Gasteiger partial charge in [0, 0.05) is 18.5 Å². The van der Waals surface area contributed by atoms with Crippen molar-refractivity contribution in [3.8, 4) is 0 Å². The van der Waals surface area contributed by atoms with Crippen molar-refractivity contribution in [2.75, 3.05) is 13.1 Å². The minimum absolute atomic E-state index is 0.464. The smallest absolute Gasteiger partial charge is 0.0258 e. The highest BCUT2D eigenvalue weighted by Crippen LogP contribution is 2.27. The van der Waals surface area contributed by atoms with Crippen molar-refractivity contribution in [3.05, 3.63) is 35.9 Å². The Bertz CT molecular complexity index is 271. The monoisotopic (exact) mass is 190 g/mol. The van der Waals surface area contributed by atoms with Crippen LogP contribution in [-0.4, -0.2) is 19.1 Å². The zero-order chi connectivity index (χ0) is 9.80. The summed E-state index contributed by atoms with van der Waals surface area (Å²) in [5.41, 5.74) is 7.19. The van der Waals surface area contributed by atoms with Gasteiger partial charge in [0.1, 0.15) is 0 Å². The van der Waals surface area contributed by atoms with Gasteiger partial charge < -0.3 is 11.1 Å². The van der Waals surface area contributed by atoms with E-state index < -0.39 is 0 Å². The van der Waals surface area contributed by atoms with Crippen molar-refractivity contribution >= 4 is 0 Å². The lowest BCUT2D eigenvalue weighted by Gasteiger charge is -2.32. The zero-order valence-corrected chi connectivity index (χ0v) is 8.45. The van der Waals surface area contributed by atoms with Gasteiger partial charge in [0.05, 0.1) is 0 Å². The van der Waals surface area contributed by atoms with Crippen molar-refractivity contribution in [1.82, 2.24) is 5.32 Å². The van der Waals surface area contributed by atoms with Crippen LogP contribution >= 0.6 is 0 Å². The van der Waals surface area contributed by atoms with Gasteiger partial charge in [-0.05, 0) is 24.9 Å². The second-order valence-corrected chi connectivity index (χ2v) is 3.96. The lowest BCUT2D eigenvalue weighted by Crippen LogP contribution is -2.44. The van der Waals surface area contributed by atoms with Crippen molar-refractivity contribution in [1.29, 1.82) is 0 Å². The quantitative estimate of drug-likeness (QED) is 0.741. The largest absolute Gasteiger partial charge is 0.329 e. The van der Waals surface area contributed by atoms with Crippen LogP contribution in [0.4, 0.5) is 0 Å². The maximum absolute atomic E-state index is 5.77. The normalized spacial score (nSPS) is 27.5. The molecule has 14 heavy (non-hydrogen) atoms. The van der Waals surface area contributed by atoms with Crippen LogP contribution in [0.25, 0.3) is 0 Å². The Hall–Kier alpha value is -0.860. The van der Waals surface area contributed by atoms with E-state index in [2.05, 4.69) is 35.6 Å². The molecule has 76 valence electrons. The van der Waals surface area contributed by atoms with E-state index in [4.69, 9.17) is 5.73 Å². The van der Waals surface area contributed by atoms with Gasteiger partial charge in [-0.15, -0.1) is 0 Å². The number of benzene rings is 1. The minimum Gasteiger partial charge on any atom is -0.329 e. The molecule has 2 unspecified atom stereocenters. The maximum Gasteiger partial charge on any atom is 0.0258 e. The van der Waals surface area contributed by atoms with Gasteiger partial charge in [0.25, 0.3) is 0 Å². The Balaban J connectivity index is 2.15. The van der Waals surface area contributed by atoms with Crippen LogP contribution in [0.5, 0.6) is 0 Å². The van der Waals surface area contributed by atoms with E-state index >= 15 is 0 Å². The van der Waals surface area contributed by atoms with Crippen LogP contribution in [-0.2, 0) is 0 Å². The van der Waals surface area contributed by atoms with Crippen LogP contribution in [0.2, 0.25) is 0 Å². The Morgan fingerprint density at radius 3 is 2.79 bits per heavy atom. The topological polar surface area (TPSA) is 38.0 Å². The first-order valence-corrected chi connectivity index (χ1v) is 5.40. The molecule has 0 aromatic heterocycles. The summed E-state index contributed by atoms with van der Waals surface area (Å²) < 4.78 is 0. The highest BCUT2D eigenvalue weighted by Gasteiger charge is 2.24. The molecule has 2 rings (SSSR count). The van der Waals surface area contributed by atoms with Gasteiger partial charge in [-0.2, -0.15) is 0 Å². The fourth-order valence-electron chi connectivity index (χ4n) is 2.30. The van der Waals surface area contributed by atoms with Gasteiger partial charge in [-0.3, -0.25) is 0 Å². The lowest BCUT2D eigenvalue weighted by atomic mass is 9.85. The highest BCUT2D eigenvalue weighted by atomic mass is 14.9. The Morgan fingerprint density at radius 2 is 2.07 bits per heavy atom. The molecule has 1 aromatic carbocycles. The number of hydrogen-bond donors (Lipinski definition) is 2. The first-order chi connectivity index (χ1) is 6.92. The third-order valence-electron chi connectivity index (χ3n) is 3.07. The summed E-state index contributed by atoms with van der Waals surface area (Å²) in [6.45, 7) is 1.85. The molecular formula is C12H18N2. The fourth-order valence-corrected chi connectivity index (χ4v) is 2.30. The molecule has 0 aliphatic carbocycles. The summed E-state index contributed by atoms with van der Waals surface area (Å²) in [6.07, 6.45) is 2.52. The number of nitrogens with one attached hydrogen (secondary N) is 1. The number of piperidine rings is 1. The summed E-state index contributed by atoms with van der Waals surface area (Å²) in [4.78, 5) is 0. The summed E-state index contributed by atoms with van der Waals surface area (Å²) in [6, 6.07) is 11.2. The molecule has 1 fully saturated rings.